The number of hydrogen-bond acceptors (Lipinski definition) is 3. The molecule has 5 heteroatoms. The van der Waals surface area contributed by atoms with Gasteiger partial charge >= 0.3 is 0 Å². The molecule has 0 unspecified atom stereocenters. The summed E-state index contributed by atoms with van der Waals surface area (Å²) in [5, 5.41) is 11.6. The van der Waals surface area contributed by atoms with Crippen LogP contribution in [-0.2, 0) is 0 Å². The largest absolute Gasteiger partial charge is 0.618 e. The van der Waals surface area contributed by atoms with Crippen LogP contribution >= 0.6 is 0 Å². The molecule has 0 atom stereocenters. The van der Waals surface area contributed by atoms with Gasteiger partial charge in [0.25, 0.3) is 5.91 Å². The molecule has 104 valence electrons. The summed E-state index contributed by atoms with van der Waals surface area (Å²) in [6.07, 6.45) is 3.02. The first-order valence-electron chi connectivity index (χ1n) is 6.59. The van der Waals surface area contributed by atoms with Crippen LogP contribution in [0.5, 0.6) is 0 Å². The molecule has 1 amide bonds. The van der Waals surface area contributed by atoms with Crippen LogP contribution in [0.2, 0.25) is 0 Å². The van der Waals surface area contributed by atoms with Gasteiger partial charge in [0, 0.05) is 31.6 Å². The minimum atomic E-state index is -0.185. The average molecular weight is 263 g/mol. The molecule has 1 saturated heterocycles. The second-order valence-electron chi connectivity index (χ2n) is 5.73. The van der Waals surface area contributed by atoms with Crippen molar-refractivity contribution in [2.45, 2.75) is 39.2 Å². The highest BCUT2D eigenvalue weighted by atomic mass is 16.5. The van der Waals surface area contributed by atoms with Crippen molar-refractivity contribution < 1.29 is 9.52 Å². The standard InChI is InChI=1S/C14H21N3O2/c1-10-4-7-17(19)11(2)12(10)13(18)16-8-5-14(3,15)6-9-16/h4,7H,5-6,8-9,15H2,1-3H3. The van der Waals surface area contributed by atoms with Crippen molar-refractivity contribution in [2.24, 2.45) is 5.73 Å². The maximum absolute atomic E-state index is 12.5. The molecular weight excluding hydrogens is 242 g/mol. The first-order chi connectivity index (χ1) is 8.82. The number of carbonyl (C=O) groups excluding carboxylic acids is 1. The number of rotatable bonds is 1. The van der Waals surface area contributed by atoms with Gasteiger partial charge in [-0.2, -0.15) is 4.73 Å². The van der Waals surface area contributed by atoms with E-state index in [0.29, 0.717) is 24.3 Å². The van der Waals surface area contributed by atoms with Gasteiger partial charge < -0.3 is 15.8 Å². The molecule has 19 heavy (non-hydrogen) atoms. The van der Waals surface area contributed by atoms with Crippen LogP contribution in [0.15, 0.2) is 12.3 Å². The lowest BCUT2D eigenvalue weighted by atomic mass is 9.90. The second kappa shape index (κ2) is 4.81. The van der Waals surface area contributed by atoms with E-state index >= 15 is 0 Å². The topological polar surface area (TPSA) is 73.3 Å². The molecule has 2 rings (SSSR count). The van der Waals surface area contributed by atoms with Crippen LogP contribution in [0.1, 0.15) is 41.4 Å². The molecule has 0 aromatic carbocycles. The number of aromatic nitrogens is 1. The summed E-state index contributed by atoms with van der Waals surface area (Å²) in [5.74, 6) is -0.0595. The SMILES string of the molecule is Cc1cc[n+]([O-])c(C)c1C(=O)N1CCC(C)(N)CC1. The maximum Gasteiger partial charge on any atom is 0.260 e. The van der Waals surface area contributed by atoms with Crippen molar-refractivity contribution in [1.29, 1.82) is 0 Å². The van der Waals surface area contributed by atoms with Gasteiger partial charge in [0.1, 0.15) is 5.56 Å². The molecule has 1 aliphatic rings. The number of nitrogens with zero attached hydrogens (tertiary/aromatic N) is 2. The van der Waals surface area contributed by atoms with Gasteiger partial charge in [-0.3, -0.25) is 4.79 Å². The number of nitrogens with two attached hydrogens (primary N) is 1. The van der Waals surface area contributed by atoms with Crippen LogP contribution in [0.4, 0.5) is 0 Å². The molecule has 5 nitrogen and oxygen atoms in total. The van der Waals surface area contributed by atoms with E-state index in [9.17, 15) is 10.0 Å². The summed E-state index contributed by atoms with van der Waals surface area (Å²) in [7, 11) is 0. The Morgan fingerprint density at radius 2 is 2.00 bits per heavy atom. The number of aryl methyl sites for hydroxylation is 1. The monoisotopic (exact) mass is 263 g/mol. The zero-order valence-corrected chi connectivity index (χ0v) is 11.8. The normalized spacial score (nSPS) is 18.4. The fraction of sp³-hybridized carbons (Fsp3) is 0.571. The number of likely N-dealkylation sites (tertiary alicyclic amines) is 1. The van der Waals surface area contributed by atoms with Crippen LogP contribution in [-0.4, -0.2) is 29.4 Å². The number of pyridine rings is 1. The molecule has 1 fully saturated rings. The molecule has 0 saturated carbocycles. The van der Waals surface area contributed by atoms with Crippen LogP contribution < -0.4 is 10.5 Å². The highest BCUT2D eigenvalue weighted by Crippen LogP contribution is 2.21. The summed E-state index contributed by atoms with van der Waals surface area (Å²) in [6, 6.07) is 1.68. The zero-order chi connectivity index (χ0) is 14.2. The highest BCUT2D eigenvalue weighted by molar-refractivity contribution is 5.96. The molecule has 2 heterocycles. The lowest BCUT2D eigenvalue weighted by molar-refractivity contribution is -0.612. The molecular formula is C14H21N3O2. The van der Waals surface area contributed by atoms with Crippen molar-refractivity contribution in [1.82, 2.24) is 4.90 Å². The fourth-order valence-electron chi connectivity index (χ4n) is 2.47. The quantitative estimate of drug-likeness (QED) is 0.604. The number of carbonyl (C=O) groups is 1. The summed E-state index contributed by atoms with van der Waals surface area (Å²) in [5.41, 5.74) is 7.72. The molecule has 1 aromatic rings. The first kappa shape index (κ1) is 13.8. The minimum absolute atomic E-state index is 0.0595. The molecule has 0 spiro atoms. The molecule has 2 N–H and O–H groups in total. The third-order valence-corrected chi connectivity index (χ3v) is 3.95. The summed E-state index contributed by atoms with van der Waals surface area (Å²) >= 11 is 0. The van der Waals surface area contributed by atoms with Gasteiger partial charge in [0.15, 0.2) is 6.20 Å². The van der Waals surface area contributed by atoms with E-state index < -0.39 is 0 Å². The summed E-state index contributed by atoms with van der Waals surface area (Å²) in [4.78, 5) is 14.3. The number of hydrogen-bond donors (Lipinski definition) is 1. The number of piperidine rings is 1. The van der Waals surface area contributed by atoms with Crippen LogP contribution in [0.25, 0.3) is 0 Å². The Bertz CT molecular complexity index is 502. The van der Waals surface area contributed by atoms with E-state index in [4.69, 9.17) is 5.73 Å². The molecule has 1 aliphatic heterocycles. The van der Waals surface area contributed by atoms with E-state index in [-0.39, 0.29) is 11.4 Å². The van der Waals surface area contributed by atoms with Crippen molar-refractivity contribution in [3.63, 3.8) is 0 Å². The Kier molecular flexibility index (Phi) is 3.49. The molecule has 0 aliphatic carbocycles. The second-order valence-corrected chi connectivity index (χ2v) is 5.73. The molecule has 0 bridgehead atoms. The Balaban J connectivity index is 2.24. The highest BCUT2D eigenvalue weighted by Gasteiger charge is 2.31. The first-order valence-corrected chi connectivity index (χ1v) is 6.59. The third-order valence-electron chi connectivity index (χ3n) is 3.95. The van der Waals surface area contributed by atoms with Crippen molar-refractivity contribution in [2.75, 3.05) is 13.1 Å². The van der Waals surface area contributed by atoms with Gasteiger partial charge in [-0.15, -0.1) is 0 Å². The van der Waals surface area contributed by atoms with Crippen molar-refractivity contribution in [3.8, 4) is 0 Å². The molecule has 1 aromatic heterocycles. The summed E-state index contributed by atoms with van der Waals surface area (Å²) in [6.45, 7) is 6.86. The third kappa shape index (κ3) is 2.71. The van der Waals surface area contributed by atoms with Gasteiger partial charge in [0.05, 0.1) is 0 Å². The zero-order valence-electron chi connectivity index (χ0n) is 11.8. The minimum Gasteiger partial charge on any atom is -0.618 e. The Hall–Kier alpha value is -1.62. The Morgan fingerprint density at radius 3 is 2.58 bits per heavy atom. The van der Waals surface area contributed by atoms with Crippen LogP contribution in [0, 0.1) is 19.1 Å². The van der Waals surface area contributed by atoms with Gasteiger partial charge in [-0.1, -0.05) is 0 Å². The van der Waals surface area contributed by atoms with Crippen molar-refractivity contribution >= 4 is 5.91 Å². The van der Waals surface area contributed by atoms with Gasteiger partial charge in [-0.25, -0.2) is 0 Å². The van der Waals surface area contributed by atoms with Gasteiger partial charge in [0.2, 0.25) is 5.69 Å². The predicted molar refractivity (Wildman–Crippen MR) is 72.6 cm³/mol. The van der Waals surface area contributed by atoms with Gasteiger partial charge in [-0.05, 0) is 32.3 Å². The number of amides is 1. The molecule has 0 radical (unpaired) electrons. The average Bonchev–Trinajstić information content (AvgIpc) is 2.34. The van der Waals surface area contributed by atoms with Crippen LogP contribution in [0.3, 0.4) is 0 Å². The van der Waals surface area contributed by atoms with E-state index in [1.807, 2.05) is 13.8 Å². The maximum atomic E-state index is 12.5. The lowest BCUT2D eigenvalue weighted by Crippen LogP contribution is -2.50. The fourth-order valence-corrected chi connectivity index (χ4v) is 2.47. The van der Waals surface area contributed by atoms with E-state index in [1.54, 1.807) is 17.9 Å². The Morgan fingerprint density at radius 1 is 1.42 bits per heavy atom. The lowest BCUT2D eigenvalue weighted by Gasteiger charge is -2.36. The Labute approximate surface area is 113 Å². The van der Waals surface area contributed by atoms with E-state index in [0.717, 1.165) is 23.1 Å². The van der Waals surface area contributed by atoms with E-state index in [1.165, 1.54) is 6.20 Å². The predicted octanol–water partition coefficient (Wildman–Crippen LogP) is 0.890. The van der Waals surface area contributed by atoms with Crippen molar-refractivity contribution in [3.05, 3.63) is 34.3 Å². The summed E-state index contributed by atoms with van der Waals surface area (Å²) < 4.78 is 0.747. The van der Waals surface area contributed by atoms with E-state index in [2.05, 4.69) is 0 Å². The smallest absolute Gasteiger partial charge is 0.260 e.